The van der Waals surface area contributed by atoms with Crippen LogP contribution in [-0.4, -0.2) is 31.5 Å². The van der Waals surface area contributed by atoms with Gasteiger partial charge in [-0.2, -0.15) is 0 Å². The van der Waals surface area contributed by atoms with E-state index < -0.39 is 10.0 Å². The van der Waals surface area contributed by atoms with Gasteiger partial charge in [-0.1, -0.05) is 30.3 Å². The van der Waals surface area contributed by atoms with Gasteiger partial charge in [0, 0.05) is 41.4 Å². The summed E-state index contributed by atoms with van der Waals surface area (Å²) in [5, 5.41) is 0.743. The van der Waals surface area contributed by atoms with Gasteiger partial charge in [0.1, 0.15) is 0 Å². The molecule has 0 fully saturated rings. The highest BCUT2D eigenvalue weighted by atomic mass is 79.9. The van der Waals surface area contributed by atoms with Crippen molar-refractivity contribution in [3.8, 4) is 11.3 Å². The number of fused-ring (bicyclic) bond motifs is 1. The normalized spacial score (nSPS) is 11.7. The Morgan fingerprint density at radius 2 is 1.71 bits per heavy atom. The van der Waals surface area contributed by atoms with Crippen LogP contribution >= 0.6 is 15.9 Å². The van der Waals surface area contributed by atoms with Crippen molar-refractivity contribution in [2.24, 2.45) is 0 Å². The maximum atomic E-state index is 13.5. The van der Waals surface area contributed by atoms with E-state index in [0.717, 1.165) is 21.1 Å². The second kappa shape index (κ2) is 7.07. The van der Waals surface area contributed by atoms with Gasteiger partial charge in [-0.25, -0.2) is 17.4 Å². The molecule has 2 heterocycles. The number of pyridine rings is 1. The summed E-state index contributed by atoms with van der Waals surface area (Å²) in [4.78, 5) is 6.58. The van der Waals surface area contributed by atoms with Crippen molar-refractivity contribution in [3.05, 3.63) is 77.4 Å². The Morgan fingerprint density at radius 1 is 0.964 bits per heavy atom. The van der Waals surface area contributed by atoms with E-state index in [9.17, 15) is 8.42 Å². The standard InChI is InChI=1S/C21H18BrN3O2S/c1-24(2)16-8-6-7-15(13-16)20-14-18-19(22)11-12-23-21(18)25(20)28(26,27)17-9-4-3-5-10-17/h3-14H,1-2H3. The second-order valence-electron chi connectivity index (χ2n) is 6.59. The predicted octanol–water partition coefficient (Wildman–Crippen LogP) is 4.77. The molecule has 5 nitrogen and oxygen atoms in total. The van der Waals surface area contributed by atoms with Crippen LogP contribution in [0.25, 0.3) is 22.3 Å². The van der Waals surface area contributed by atoms with Crippen LogP contribution in [0.3, 0.4) is 0 Å². The molecule has 0 unspecified atom stereocenters. The molecule has 4 aromatic rings. The number of benzene rings is 2. The number of hydrogen-bond acceptors (Lipinski definition) is 4. The molecule has 0 saturated heterocycles. The summed E-state index contributed by atoms with van der Waals surface area (Å²) in [5.74, 6) is 0. The van der Waals surface area contributed by atoms with Crippen molar-refractivity contribution >= 4 is 42.7 Å². The van der Waals surface area contributed by atoms with Crippen LogP contribution in [0.1, 0.15) is 0 Å². The Bertz CT molecular complexity index is 1270. The van der Waals surface area contributed by atoms with Crippen molar-refractivity contribution in [2.75, 3.05) is 19.0 Å². The molecule has 0 spiro atoms. The van der Waals surface area contributed by atoms with E-state index >= 15 is 0 Å². The Morgan fingerprint density at radius 3 is 2.43 bits per heavy atom. The molecule has 0 atom stereocenters. The lowest BCUT2D eigenvalue weighted by atomic mass is 10.1. The minimum atomic E-state index is -3.83. The van der Waals surface area contributed by atoms with Gasteiger partial charge in [-0.3, -0.25) is 0 Å². The van der Waals surface area contributed by atoms with Crippen molar-refractivity contribution in [2.45, 2.75) is 4.90 Å². The molecule has 142 valence electrons. The highest BCUT2D eigenvalue weighted by Crippen LogP contribution is 2.35. The minimum Gasteiger partial charge on any atom is -0.378 e. The summed E-state index contributed by atoms with van der Waals surface area (Å²) >= 11 is 3.52. The first-order valence-electron chi connectivity index (χ1n) is 8.64. The van der Waals surface area contributed by atoms with Crippen LogP contribution in [0, 0.1) is 0 Å². The van der Waals surface area contributed by atoms with E-state index in [2.05, 4.69) is 20.9 Å². The van der Waals surface area contributed by atoms with Crippen molar-refractivity contribution in [1.82, 2.24) is 8.96 Å². The van der Waals surface area contributed by atoms with Crippen molar-refractivity contribution in [3.63, 3.8) is 0 Å². The molecule has 0 aliphatic rings. The Hall–Kier alpha value is -2.64. The fraction of sp³-hybridized carbons (Fsp3) is 0.0952. The first-order valence-corrected chi connectivity index (χ1v) is 10.9. The molecule has 2 aromatic heterocycles. The number of rotatable bonds is 4. The molecule has 0 bridgehead atoms. The number of aromatic nitrogens is 2. The van der Waals surface area contributed by atoms with E-state index in [1.165, 1.54) is 3.97 Å². The first-order chi connectivity index (χ1) is 13.4. The van der Waals surface area contributed by atoms with Crippen LogP contribution in [0.2, 0.25) is 0 Å². The average Bonchev–Trinajstić information content (AvgIpc) is 3.10. The van der Waals surface area contributed by atoms with E-state index in [-0.39, 0.29) is 4.90 Å². The minimum absolute atomic E-state index is 0.222. The van der Waals surface area contributed by atoms with Gasteiger partial charge in [0.25, 0.3) is 10.0 Å². The van der Waals surface area contributed by atoms with Crippen molar-refractivity contribution < 1.29 is 8.42 Å². The summed E-state index contributed by atoms with van der Waals surface area (Å²) in [7, 11) is 0.0726. The van der Waals surface area contributed by atoms with Crippen LogP contribution < -0.4 is 4.90 Å². The molecule has 4 rings (SSSR count). The summed E-state index contributed by atoms with van der Waals surface area (Å²) in [6.07, 6.45) is 1.60. The Balaban J connectivity index is 2.07. The van der Waals surface area contributed by atoms with Gasteiger partial charge >= 0.3 is 0 Å². The Kier molecular flexibility index (Phi) is 4.72. The highest BCUT2D eigenvalue weighted by molar-refractivity contribution is 9.10. The summed E-state index contributed by atoms with van der Waals surface area (Å²) in [6, 6.07) is 19.9. The zero-order valence-corrected chi connectivity index (χ0v) is 17.8. The zero-order chi connectivity index (χ0) is 19.9. The van der Waals surface area contributed by atoms with Crippen LogP contribution in [0.5, 0.6) is 0 Å². The highest BCUT2D eigenvalue weighted by Gasteiger charge is 2.25. The van der Waals surface area contributed by atoms with E-state index in [1.807, 2.05) is 55.4 Å². The van der Waals surface area contributed by atoms with Gasteiger partial charge in [0.2, 0.25) is 0 Å². The monoisotopic (exact) mass is 455 g/mol. The lowest BCUT2D eigenvalue weighted by Crippen LogP contribution is -2.15. The van der Waals surface area contributed by atoms with Crippen molar-refractivity contribution in [1.29, 1.82) is 0 Å². The van der Waals surface area contributed by atoms with Gasteiger partial charge in [-0.15, -0.1) is 0 Å². The molecule has 0 saturated carbocycles. The van der Waals surface area contributed by atoms with Crippen LogP contribution in [-0.2, 0) is 10.0 Å². The number of anilines is 1. The number of halogens is 1. The maximum Gasteiger partial charge on any atom is 0.269 e. The quantitative estimate of drug-likeness (QED) is 0.444. The molecule has 7 heteroatoms. The molecular formula is C21H18BrN3O2S. The maximum absolute atomic E-state index is 13.5. The number of hydrogen-bond donors (Lipinski definition) is 0. The van der Waals surface area contributed by atoms with Gasteiger partial charge in [0.05, 0.1) is 10.6 Å². The average molecular weight is 456 g/mol. The van der Waals surface area contributed by atoms with Crippen LogP contribution in [0.15, 0.2) is 82.3 Å². The zero-order valence-electron chi connectivity index (χ0n) is 15.4. The molecule has 0 N–H and O–H groups in total. The number of nitrogens with zero attached hydrogens (tertiary/aromatic N) is 3. The molecule has 0 amide bonds. The fourth-order valence-electron chi connectivity index (χ4n) is 3.13. The molecule has 0 radical (unpaired) electrons. The van der Waals surface area contributed by atoms with Crippen LogP contribution in [0.4, 0.5) is 5.69 Å². The lowest BCUT2D eigenvalue weighted by Gasteiger charge is -2.15. The summed E-state index contributed by atoms with van der Waals surface area (Å²) in [5.41, 5.74) is 2.75. The van der Waals surface area contributed by atoms with Gasteiger partial charge < -0.3 is 4.90 Å². The first kappa shape index (κ1) is 18.7. The summed E-state index contributed by atoms with van der Waals surface area (Å²) < 4.78 is 29.2. The van der Waals surface area contributed by atoms with E-state index in [0.29, 0.717) is 11.3 Å². The largest absolute Gasteiger partial charge is 0.378 e. The molecular weight excluding hydrogens is 438 g/mol. The van der Waals surface area contributed by atoms with Gasteiger partial charge in [-0.05, 0) is 52.3 Å². The predicted molar refractivity (Wildman–Crippen MR) is 116 cm³/mol. The second-order valence-corrected chi connectivity index (χ2v) is 9.23. The molecule has 0 aliphatic carbocycles. The van der Waals surface area contributed by atoms with E-state index in [4.69, 9.17) is 0 Å². The smallest absolute Gasteiger partial charge is 0.269 e. The summed E-state index contributed by atoms with van der Waals surface area (Å²) in [6.45, 7) is 0. The van der Waals surface area contributed by atoms with E-state index in [1.54, 1.807) is 36.5 Å². The Labute approximate surface area is 172 Å². The van der Waals surface area contributed by atoms with Gasteiger partial charge in [0.15, 0.2) is 5.65 Å². The molecule has 28 heavy (non-hydrogen) atoms. The lowest BCUT2D eigenvalue weighted by molar-refractivity contribution is 0.589. The third-order valence-corrected chi connectivity index (χ3v) is 6.96. The topological polar surface area (TPSA) is 55.2 Å². The fourth-order valence-corrected chi connectivity index (χ4v) is 5.04. The third kappa shape index (κ3) is 3.10. The molecule has 2 aromatic carbocycles. The SMILES string of the molecule is CN(C)c1cccc(-c2cc3c(Br)ccnc3n2S(=O)(=O)c2ccccc2)c1. The molecule has 0 aliphatic heterocycles. The third-order valence-electron chi connectivity index (χ3n) is 4.55.